The Bertz CT molecular complexity index is 932. The minimum Gasteiger partial charge on any atom is -0.312 e. The molecule has 0 bridgehead atoms. The third-order valence-electron chi connectivity index (χ3n) is 4.35. The van der Waals surface area contributed by atoms with E-state index < -0.39 is 12.3 Å². The highest BCUT2D eigenvalue weighted by Gasteiger charge is 2.32. The number of nitrogens with zero attached hydrogens (tertiary/aromatic N) is 4. The number of nitrogens with one attached hydrogen (secondary N) is 1. The molecule has 4 rings (SSSR count). The summed E-state index contributed by atoms with van der Waals surface area (Å²) in [4.78, 5) is 20.7. The normalized spacial score (nSPS) is 20.0. The second kappa shape index (κ2) is 6.14. The number of hydrogen-bond acceptors (Lipinski definition) is 5. The van der Waals surface area contributed by atoms with Gasteiger partial charge in [-0.1, -0.05) is 6.92 Å². The zero-order valence-electron chi connectivity index (χ0n) is 13.3. The summed E-state index contributed by atoms with van der Waals surface area (Å²) in [5, 5.41) is 7.37. The highest BCUT2D eigenvalue weighted by molar-refractivity contribution is 7.16. The number of halogens is 2. The molecule has 25 heavy (non-hydrogen) atoms. The van der Waals surface area contributed by atoms with Gasteiger partial charge in [0, 0.05) is 18.3 Å². The molecule has 3 aromatic heterocycles. The van der Waals surface area contributed by atoms with Gasteiger partial charge in [-0.05, 0) is 24.8 Å². The summed E-state index contributed by atoms with van der Waals surface area (Å²) in [6.07, 6.45) is 3.73. The van der Waals surface area contributed by atoms with Crippen LogP contribution in [-0.2, 0) is 0 Å². The number of rotatable bonds is 4. The van der Waals surface area contributed by atoms with Gasteiger partial charge in [0.1, 0.15) is 16.3 Å². The van der Waals surface area contributed by atoms with Crippen molar-refractivity contribution < 1.29 is 13.6 Å². The maximum Gasteiger partial charge on any atom is 0.283 e. The third-order valence-corrected chi connectivity index (χ3v) is 5.50. The van der Waals surface area contributed by atoms with Crippen molar-refractivity contribution in [3.63, 3.8) is 0 Å². The van der Waals surface area contributed by atoms with Crippen molar-refractivity contribution in [2.75, 3.05) is 5.32 Å². The molecule has 0 aliphatic heterocycles. The number of alkyl halides is 2. The fourth-order valence-corrected chi connectivity index (χ4v) is 4.12. The van der Waals surface area contributed by atoms with Crippen molar-refractivity contribution in [2.24, 2.45) is 5.92 Å². The van der Waals surface area contributed by atoms with Crippen LogP contribution in [0.25, 0.3) is 5.65 Å². The third kappa shape index (κ3) is 2.88. The van der Waals surface area contributed by atoms with Gasteiger partial charge in [0.15, 0.2) is 5.65 Å². The van der Waals surface area contributed by atoms with Crippen molar-refractivity contribution in [1.82, 2.24) is 19.6 Å². The van der Waals surface area contributed by atoms with E-state index in [1.165, 1.54) is 10.7 Å². The lowest BCUT2D eigenvalue weighted by atomic mass is 9.77. The molecule has 1 aliphatic rings. The first-order chi connectivity index (χ1) is 12.0. The Hall–Kier alpha value is -2.42. The minimum absolute atomic E-state index is 0.102. The number of carbonyl (C=O) groups is 1. The average Bonchev–Trinajstić information content (AvgIpc) is 3.15. The summed E-state index contributed by atoms with van der Waals surface area (Å²) in [5.41, 5.74) is 0.238. The first-order valence-electron chi connectivity index (χ1n) is 7.91. The standard InChI is InChI=1S/C16H15F2N5OS/c1-8-5-9(6-8)15-21-11(12(17)18)16(25-15)22-14(24)10-7-20-23-4-2-3-19-13(10)23/h2-4,7-9,12H,5-6H2,1H3,(H,22,24). The average molecular weight is 363 g/mol. The minimum atomic E-state index is -2.74. The summed E-state index contributed by atoms with van der Waals surface area (Å²) in [7, 11) is 0. The number of aromatic nitrogens is 4. The maximum absolute atomic E-state index is 13.3. The molecule has 1 fully saturated rings. The Labute approximate surface area is 145 Å². The Morgan fingerprint density at radius 2 is 2.24 bits per heavy atom. The molecule has 1 saturated carbocycles. The van der Waals surface area contributed by atoms with Crippen LogP contribution < -0.4 is 5.32 Å². The van der Waals surface area contributed by atoms with Gasteiger partial charge >= 0.3 is 0 Å². The van der Waals surface area contributed by atoms with Crippen molar-refractivity contribution >= 4 is 27.9 Å². The van der Waals surface area contributed by atoms with Gasteiger partial charge in [0.05, 0.1) is 11.2 Å². The molecule has 1 amide bonds. The zero-order valence-corrected chi connectivity index (χ0v) is 14.1. The number of fused-ring (bicyclic) bond motifs is 1. The molecule has 3 heterocycles. The van der Waals surface area contributed by atoms with Crippen LogP contribution in [0.3, 0.4) is 0 Å². The van der Waals surface area contributed by atoms with E-state index >= 15 is 0 Å². The highest BCUT2D eigenvalue weighted by atomic mass is 32.1. The molecule has 9 heteroatoms. The van der Waals surface area contributed by atoms with Crippen molar-refractivity contribution in [2.45, 2.75) is 32.1 Å². The Morgan fingerprint density at radius 3 is 2.96 bits per heavy atom. The van der Waals surface area contributed by atoms with E-state index in [9.17, 15) is 13.6 Å². The molecule has 0 aromatic carbocycles. The molecule has 6 nitrogen and oxygen atoms in total. The SMILES string of the molecule is CC1CC(c2nc(C(F)F)c(NC(=O)c3cnn4cccnc34)s2)C1. The van der Waals surface area contributed by atoms with Gasteiger partial charge in [-0.15, -0.1) is 11.3 Å². The second-order valence-electron chi connectivity index (χ2n) is 6.24. The highest BCUT2D eigenvalue weighted by Crippen LogP contribution is 2.45. The fourth-order valence-electron chi connectivity index (χ4n) is 3.02. The number of amides is 1. The van der Waals surface area contributed by atoms with Gasteiger partial charge in [0.2, 0.25) is 0 Å². The van der Waals surface area contributed by atoms with Crippen LogP contribution in [0.4, 0.5) is 13.8 Å². The van der Waals surface area contributed by atoms with Gasteiger partial charge in [-0.3, -0.25) is 4.79 Å². The molecule has 0 atom stereocenters. The monoisotopic (exact) mass is 363 g/mol. The molecular weight excluding hydrogens is 348 g/mol. The van der Waals surface area contributed by atoms with Crippen molar-refractivity contribution in [3.8, 4) is 0 Å². The van der Waals surface area contributed by atoms with Crippen molar-refractivity contribution in [1.29, 1.82) is 0 Å². The lowest BCUT2D eigenvalue weighted by Crippen LogP contribution is -2.18. The number of thiazole rings is 1. The lowest BCUT2D eigenvalue weighted by molar-refractivity contribution is 0.102. The van der Waals surface area contributed by atoms with Crippen LogP contribution in [0.15, 0.2) is 24.7 Å². The predicted octanol–water partition coefficient (Wildman–Crippen LogP) is 3.89. The topological polar surface area (TPSA) is 72.2 Å². The number of anilines is 1. The predicted molar refractivity (Wildman–Crippen MR) is 89.2 cm³/mol. The summed E-state index contributed by atoms with van der Waals surface area (Å²) in [6, 6.07) is 1.69. The van der Waals surface area contributed by atoms with E-state index in [1.54, 1.807) is 18.5 Å². The van der Waals surface area contributed by atoms with Crippen LogP contribution in [0.2, 0.25) is 0 Å². The number of hydrogen-bond donors (Lipinski definition) is 1. The van der Waals surface area contributed by atoms with Crippen LogP contribution in [-0.4, -0.2) is 25.5 Å². The van der Waals surface area contributed by atoms with E-state index in [0.717, 1.165) is 24.2 Å². The lowest BCUT2D eigenvalue weighted by Gasteiger charge is -2.30. The molecule has 0 spiro atoms. The summed E-state index contributed by atoms with van der Waals surface area (Å²) in [6.45, 7) is 2.12. The van der Waals surface area contributed by atoms with Crippen LogP contribution in [0.5, 0.6) is 0 Å². The summed E-state index contributed by atoms with van der Waals surface area (Å²) < 4.78 is 28.1. The van der Waals surface area contributed by atoms with Gasteiger partial charge < -0.3 is 5.32 Å². The maximum atomic E-state index is 13.3. The molecule has 0 unspecified atom stereocenters. The second-order valence-corrected chi connectivity index (χ2v) is 7.27. The van der Waals surface area contributed by atoms with Gasteiger partial charge in [0.25, 0.3) is 12.3 Å². The summed E-state index contributed by atoms with van der Waals surface area (Å²) in [5.74, 6) is 0.279. The van der Waals surface area contributed by atoms with Gasteiger partial charge in [-0.2, -0.15) is 5.10 Å². The van der Waals surface area contributed by atoms with E-state index in [2.05, 4.69) is 27.3 Å². The van der Waals surface area contributed by atoms with Crippen LogP contribution in [0, 0.1) is 5.92 Å². The Morgan fingerprint density at radius 1 is 1.44 bits per heavy atom. The zero-order chi connectivity index (χ0) is 17.6. The van der Waals surface area contributed by atoms with Gasteiger partial charge in [-0.25, -0.2) is 23.3 Å². The summed E-state index contributed by atoms with van der Waals surface area (Å²) >= 11 is 1.13. The quantitative estimate of drug-likeness (QED) is 0.763. The van der Waals surface area contributed by atoms with E-state index in [1.807, 2.05) is 0 Å². The molecule has 3 aromatic rings. The van der Waals surface area contributed by atoms with E-state index in [4.69, 9.17) is 0 Å². The molecule has 130 valence electrons. The van der Waals surface area contributed by atoms with E-state index in [0.29, 0.717) is 16.6 Å². The van der Waals surface area contributed by atoms with Crippen LogP contribution in [0.1, 0.15) is 53.2 Å². The van der Waals surface area contributed by atoms with Crippen LogP contribution >= 0.6 is 11.3 Å². The Kier molecular flexibility index (Phi) is 3.95. The molecule has 0 saturated heterocycles. The first kappa shape index (κ1) is 16.1. The molecule has 0 radical (unpaired) electrons. The smallest absolute Gasteiger partial charge is 0.283 e. The first-order valence-corrected chi connectivity index (χ1v) is 8.73. The van der Waals surface area contributed by atoms with E-state index in [-0.39, 0.29) is 22.2 Å². The molecule has 1 N–H and O–H groups in total. The number of carbonyl (C=O) groups excluding carboxylic acids is 1. The molecule has 1 aliphatic carbocycles. The largest absolute Gasteiger partial charge is 0.312 e. The fraction of sp³-hybridized carbons (Fsp3) is 0.375. The molecular formula is C16H15F2N5OS. The van der Waals surface area contributed by atoms with Crippen molar-refractivity contribution in [3.05, 3.63) is 40.9 Å². The Balaban J connectivity index is 1.62.